The number of hydrogen-bond donors (Lipinski definition) is 0. The molecule has 14 heteroatoms. The van der Waals surface area contributed by atoms with Crippen LogP contribution in [0.5, 0.6) is 0 Å². The molecule has 2 aliphatic rings. The first-order valence-corrected chi connectivity index (χ1v) is 16.4. The lowest BCUT2D eigenvalue weighted by Gasteiger charge is -2.34. The Bertz CT molecular complexity index is 1830. The first-order chi connectivity index (χ1) is 20.4. The molecule has 0 N–H and O–H groups in total. The van der Waals surface area contributed by atoms with Crippen molar-refractivity contribution in [3.05, 3.63) is 92.8 Å². The molecule has 0 unspecified atom stereocenters. The van der Waals surface area contributed by atoms with E-state index in [0.29, 0.717) is 21.4 Å². The molecule has 1 fully saturated rings. The van der Waals surface area contributed by atoms with Crippen LogP contribution in [0.15, 0.2) is 76.5 Å². The number of halogens is 3. The lowest BCUT2D eigenvalue weighted by molar-refractivity contribution is -0.124. The molecule has 43 heavy (non-hydrogen) atoms. The second-order valence-electron chi connectivity index (χ2n) is 10.8. The Morgan fingerprint density at radius 2 is 1.67 bits per heavy atom. The fourth-order valence-electron chi connectivity index (χ4n) is 5.72. The SMILES string of the molecule is Cn1cccc1C(=O)N1CCN(S(=O)(=O)c2cnc3n2[C@](C)(Cc2ccc(Br)cc2)C(=O)N3c2cc(Cl)cc(Cl)c2)CC1. The Balaban J connectivity index is 1.37. The lowest BCUT2D eigenvalue weighted by atomic mass is 9.92. The molecule has 10 nitrogen and oxygen atoms in total. The second-order valence-corrected chi connectivity index (χ2v) is 14.5. The molecule has 0 spiro atoms. The van der Waals surface area contributed by atoms with Crippen LogP contribution in [0.3, 0.4) is 0 Å². The molecular formula is C29H27BrCl2N6O4S. The second kappa shape index (κ2) is 11.1. The summed E-state index contributed by atoms with van der Waals surface area (Å²) >= 11 is 16.0. The molecule has 0 radical (unpaired) electrons. The van der Waals surface area contributed by atoms with Gasteiger partial charge in [0.25, 0.3) is 21.8 Å². The third-order valence-electron chi connectivity index (χ3n) is 7.93. The monoisotopic (exact) mass is 704 g/mol. The average molecular weight is 706 g/mol. The van der Waals surface area contributed by atoms with Crippen LogP contribution in [0.25, 0.3) is 0 Å². The van der Waals surface area contributed by atoms with Gasteiger partial charge in [-0.2, -0.15) is 4.31 Å². The van der Waals surface area contributed by atoms with E-state index in [9.17, 15) is 18.0 Å². The number of aryl methyl sites for hydroxylation is 1. The molecule has 2 amide bonds. The first-order valence-electron chi connectivity index (χ1n) is 13.4. The van der Waals surface area contributed by atoms with Crippen molar-refractivity contribution in [3.63, 3.8) is 0 Å². The number of imidazole rings is 1. The standard InChI is InChI=1S/C29H27BrCl2N6O4S/c1-29(17-19-5-7-20(30)8-6-19)27(40)37(23-15-21(31)14-22(32)16-23)28-33-18-25(38(28)29)43(41,42)36-12-10-35(11-13-36)26(39)24-4-3-9-34(24)2/h3-9,14-16,18H,10-13,17H2,1-2H3/t29-/m1/s1. The summed E-state index contributed by atoms with van der Waals surface area (Å²) in [5.74, 6) is -0.372. The number of sulfonamides is 1. The minimum atomic E-state index is -4.12. The topological polar surface area (TPSA) is 101 Å². The Kier molecular flexibility index (Phi) is 7.70. The number of nitrogens with zero attached hydrogens (tertiary/aromatic N) is 6. The Morgan fingerprint density at radius 1 is 1.02 bits per heavy atom. The number of fused-ring (bicyclic) bond motifs is 1. The lowest BCUT2D eigenvalue weighted by Crippen LogP contribution is -2.51. The predicted molar refractivity (Wildman–Crippen MR) is 167 cm³/mol. The van der Waals surface area contributed by atoms with Crippen molar-refractivity contribution in [2.45, 2.75) is 23.9 Å². The summed E-state index contributed by atoms with van der Waals surface area (Å²) in [7, 11) is -2.33. The van der Waals surface area contributed by atoms with Crippen LogP contribution >= 0.6 is 39.1 Å². The number of carbonyl (C=O) groups excluding carboxylic acids is 2. The molecule has 2 aliphatic heterocycles. The highest BCUT2D eigenvalue weighted by atomic mass is 79.9. The van der Waals surface area contributed by atoms with Crippen molar-refractivity contribution >= 4 is 72.6 Å². The fourth-order valence-corrected chi connectivity index (χ4v) is 8.11. The van der Waals surface area contributed by atoms with E-state index in [-0.39, 0.29) is 55.4 Å². The zero-order valence-corrected chi connectivity index (χ0v) is 27.2. The van der Waals surface area contributed by atoms with Gasteiger partial charge >= 0.3 is 0 Å². The zero-order valence-electron chi connectivity index (χ0n) is 23.2. The van der Waals surface area contributed by atoms with Crippen LogP contribution in [0.1, 0.15) is 23.0 Å². The largest absolute Gasteiger partial charge is 0.347 e. The predicted octanol–water partition coefficient (Wildman–Crippen LogP) is 5.07. The highest BCUT2D eigenvalue weighted by Crippen LogP contribution is 2.45. The minimum absolute atomic E-state index is 0.101. The quantitative estimate of drug-likeness (QED) is 0.279. The van der Waals surface area contributed by atoms with Crippen LogP contribution in [-0.4, -0.2) is 69.7 Å². The van der Waals surface area contributed by atoms with E-state index in [1.165, 1.54) is 20.0 Å². The fraction of sp³-hybridized carbons (Fsp3) is 0.276. The van der Waals surface area contributed by atoms with Gasteiger partial charge in [-0.05, 0) is 55.0 Å². The maximum Gasteiger partial charge on any atom is 0.270 e. The van der Waals surface area contributed by atoms with Crippen molar-refractivity contribution in [2.75, 3.05) is 31.1 Å². The summed E-state index contributed by atoms with van der Waals surface area (Å²) in [4.78, 5) is 34.8. The smallest absolute Gasteiger partial charge is 0.270 e. The van der Waals surface area contributed by atoms with E-state index in [1.54, 1.807) is 60.0 Å². The molecule has 1 atom stereocenters. The van der Waals surface area contributed by atoms with Crippen LogP contribution in [-0.2, 0) is 33.8 Å². The van der Waals surface area contributed by atoms with Crippen LogP contribution in [0, 0.1) is 0 Å². The highest BCUT2D eigenvalue weighted by molar-refractivity contribution is 9.10. The molecule has 4 heterocycles. The maximum absolute atomic E-state index is 14.3. The molecule has 0 bridgehead atoms. The molecule has 0 aliphatic carbocycles. The van der Waals surface area contributed by atoms with Gasteiger partial charge in [0.2, 0.25) is 5.95 Å². The Hall–Kier alpha value is -3.16. The van der Waals surface area contributed by atoms with Crippen molar-refractivity contribution < 1.29 is 18.0 Å². The van der Waals surface area contributed by atoms with Gasteiger partial charge in [-0.1, -0.05) is 51.3 Å². The van der Waals surface area contributed by atoms with Crippen molar-refractivity contribution in [2.24, 2.45) is 7.05 Å². The number of carbonyl (C=O) groups is 2. The number of rotatable bonds is 6. The van der Waals surface area contributed by atoms with Gasteiger partial charge in [0.1, 0.15) is 11.2 Å². The summed E-state index contributed by atoms with van der Waals surface area (Å²) in [6, 6.07) is 15.8. The van der Waals surface area contributed by atoms with Crippen molar-refractivity contribution in [1.82, 2.24) is 23.3 Å². The molecule has 224 valence electrons. The summed E-state index contributed by atoms with van der Waals surface area (Å²) in [5, 5.41) is 0.546. The summed E-state index contributed by atoms with van der Waals surface area (Å²) in [6.45, 7) is 2.37. The number of benzene rings is 2. The van der Waals surface area contributed by atoms with E-state index >= 15 is 0 Å². The third kappa shape index (κ3) is 5.18. The average Bonchev–Trinajstić information content (AvgIpc) is 3.65. The Labute approximate surface area is 267 Å². The molecule has 1 saturated heterocycles. The van der Waals surface area contributed by atoms with Gasteiger partial charge in [-0.15, -0.1) is 0 Å². The van der Waals surface area contributed by atoms with Crippen molar-refractivity contribution in [3.8, 4) is 0 Å². The van der Waals surface area contributed by atoms with Gasteiger partial charge in [0, 0.05) is 60.4 Å². The van der Waals surface area contributed by atoms with Gasteiger partial charge in [0.05, 0.1) is 11.9 Å². The zero-order chi connectivity index (χ0) is 30.7. The van der Waals surface area contributed by atoms with Gasteiger partial charge < -0.3 is 9.47 Å². The molecular weight excluding hydrogens is 679 g/mol. The Morgan fingerprint density at radius 3 is 2.28 bits per heavy atom. The minimum Gasteiger partial charge on any atom is -0.347 e. The number of aromatic nitrogens is 3. The first kappa shape index (κ1) is 29.9. The summed E-state index contributed by atoms with van der Waals surface area (Å²) in [5.41, 5.74) is 0.404. The maximum atomic E-state index is 14.3. The molecule has 4 aromatic rings. The number of piperazine rings is 1. The number of anilines is 2. The molecule has 2 aromatic carbocycles. The third-order valence-corrected chi connectivity index (χ3v) is 10.8. The summed E-state index contributed by atoms with van der Waals surface area (Å²) < 4.78 is 33.8. The van der Waals surface area contributed by atoms with E-state index < -0.39 is 15.6 Å². The van der Waals surface area contributed by atoms with Gasteiger partial charge in [-0.25, -0.2) is 18.3 Å². The van der Waals surface area contributed by atoms with E-state index in [1.807, 2.05) is 24.3 Å². The normalized spacial score (nSPS) is 19.2. The number of amides is 2. The molecule has 2 aromatic heterocycles. The van der Waals surface area contributed by atoms with Gasteiger partial charge in [-0.3, -0.25) is 14.2 Å². The van der Waals surface area contributed by atoms with E-state index in [0.717, 1.165) is 10.0 Å². The van der Waals surface area contributed by atoms with Crippen LogP contribution < -0.4 is 4.90 Å². The van der Waals surface area contributed by atoms with Crippen LogP contribution in [0.4, 0.5) is 11.6 Å². The van der Waals surface area contributed by atoms with E-state index in [4.69, 9.17) is 23.2 Å². The highest BCUT2D eigenvalue weighted by Gasteiger charge is 2.52. The van der Waals surface area contributed by atoms with Gasteiger partial charge in [0.15, 0.2) is 5.03 Å². The van der Waals surface area contributed by atoms with E-state index in [2.05, 4.69) is 20.9 Å². The van der Waals surface area contributed by atoms with Crippen molar-refractivity contribution in [1.29, 1.82) is 0 Å². The molecule has 0 saturated carbocycles. The molecule has 6 rings (SSSR count). The summed E-state index contributed by atoms with van der Waals surface area (Å²) in [6.07, 6.45) is 3.29. The number of hydrogen-bond acceptors (Lipinski definition) is 5. The van der Waals surface area contributed by atoms with Crippen LogP contribution in [0.2, 0.25) is 10.0 Å².